The molecular weight excluding hydrogens is 432 g/mol. The van der Waals surface area contributed by atoms with Crippen molar-refractivity contribution in [3.8, 4) is 11.5 Å². The Morgan fingerprint density at radius 1 is 1.24 bits per heavy atom. The van der Waals surface area contributed by atoms with Crippen molar-refractivity contribution in [1.29, 1.82) is 0 Å². The lowest BCUT2D eigenvalue weighted by Crippen LogP contribution is -2.23. The van der Waals surface area contributed by atoms with Crippen molar-refractivity contribution in [1.82, 2.24) is 14.5 Å². The predicted octanol–water partition coefficient (Wildman–Crippen LogP) is 4.67. The van der Waals surface area contributed by atoms with E-state index in [0.717, 1.165) is 12.1 Å². The molecule has 0 aliphatic carbocycles. The zero-order valence-electron chi connectivity index (χ0n) is 18.9. The SMILES string of the molecule is CCCC(=O)n1c(C)nc2c(O[C@H]3CCOc4cc(F)cc(F)c43)cc(C(=O)N(C)C)cc21. The summed E-state index contributed by atoms with van der Waals surface area (Å²) in [6.45, 7) is 3.82. The van der Waals surface area contributed by atoms with Gasteiger partial charge in [-0.15, -0.1) is 0 Å². The fraction of sp³-hybridized carbons (Fsp3) is 0.375. The molecular formula is C24H25F2N3O4. The molecule has 4 rings (SSSR count). The summed E-state index contributed by atoms with van der Waals surface area (Å²) in [5.41, 5.74) is 1.25. The summed E-state index contributed by atoms with van der Waals surface area (Å²) in [6.07, 6.45) is 0.515. The van der Waals surface area contributed by atoms with E-state index in [-0.39, 0.29) is 35.5 Å². The van der Waals surface area contributed by atoms with Crippen LogP contribution in [0.4, 0.5) is 8.78 Å². The van der Waals surface area contributed by atoms with Crippen molar-refractivity contribution >= 4 is 22.8 Å². The number of amides is 1. The molecule has 1 atom stereocenters. The maximum atomic E-state index is 14.6. The molecule has 0 bridgehead atoms. The Morgan fingerprint density at radius 3 is 2.70 bits per heavy atom. The van der Waals surface area contributed by atoms with Crippen molar-refractivity contribution in [3.05, 3.63) is 52.9 Å². The van der Waals surface area contributed by atoms with E-state index in [2.05, 4.69) is 4.98 Å². The molecule has 2 aromatic carbocycles. The largest absolute Gasteiger partial charge is 0.493 e. The van der Waals surface area contributed by atoms with Gasteiger partial charge in [0.15, 0.2) is 0 Å². The lowest BCUT2D eigenvalue weighted by Gasteiger charge is -2.27. The van der Waals surface area contributed by atoms with Crippen LogP contribution in [0.3, 0.4) is 0 Å². The Morgan fingerprint density at radius 2 is 2.00 bits per heavy atom. The highest BCUT2D eigenvalue weighted by Gasteiger charge is 2.30. The van der Waals surface area contributed by atoms with Gasteiger partial charge in [0.2, 0.25) is 5.91 Å². The highest BCUT2D eigenvalue weighted by Crippen LogP contribution is 2.40. The molecule has 0 saturated carbocycles. The number of aryl methyl sites for hydroxylation is 1. The number of hydrogen-bond donors (Lipinski definition) is 0. The molecule has 0 N–H and O–H groups in total. The number of imidazole rings is 1. The molecule has 0 fully saturated rings. The van der Waals surface area contributed by atoms with E-state index in [1.165, 1.54) is 9.47 Å². The Labute approximate surface area is 189 Å². The Balaban J connectivity index is 1.87. The smallest absolute Gasteiger partial charge is 0.253 e. The highest BCUT2D eigenvalue weighted by atomic mass is 19.1. The third kappa shape index (κ3) is 4.15. The first-order valence-corrected chi connectivity index (χ1v) is 10.8. The summed E-state index contributed by atoms with van der Waals surface area (Å²) >= 11 is 0. The van der Waals surface area contributed by atoms with Gasteiger partial charge in [0.05, 0.1) is 17.7 Å². The molecule has 7 nitrogen and oxygen atoms in total. The van der Waals surface area contributed by atoms with Crippen molar-refractivity contribution in [2.75, 3.05) is 20.7 Å². The summed E-state index contributed by atoms with van der Waals surface area (Å²) in [6, 6.07) is 5.07. The molecule has 174 valence electrons. The number of nitrogens with zero attached hydrogens (tertiary/aromatic N) is 3. The van der Waals surface area contributed by atoms with Gasteiger partial charge in [-0.2, -0.15) is 0 Å². The van der Waals surface area contributed by atoms with Gasteiger partial charge in [-0.05, 0) is 25.5 Å². The van der Waals surface area contributed by atoms with Crippen LogP contribution >= 0.6 is 0 Å². The van der Waals surface area contributed by atoms with Crippen LogP contribution in [0.15, 0.2) is 24.3 Å². The van der Waals surface area contributed by atoms with Crippen LogP contribution in [0.2, 0.25) is 0 Å². The van der Waals surface area contributed by atoms with Crippen molar-refractivity contribution in [2.24, 2.45) is 0 Å². The fourth-order valence-corrected chi connectivity index (χ4v) is 4.06. The summed E-state index contributed by atoms with van der Waals surface area (Å²) < 4.78 is 41.4. The maximum Gasteiger partial charge on any atom is 0.253 e. The zero-order chi connectivity index (χ0) is 23.9. The topological polar surface area (TPSA) is 73.7 Å². The number of ether oxygens (including phenoxy) is 2. The third-order valence-electron chi connectivity index (χ3n) is 5.54. The second-order valence-corrected chi connectivity index (χ2v) is 8.22. The summed E-state index contributed by atoms with van der Waals surface area (Å²) in [7, 11) is 3.24. The fourth-order valence-electron chi connectivity index (χ4n) is 4.06. The monoisotopic (exact) mass is 457 g/mol. The molecule has 33 heavy (non-hydrogen) atoms. The molecule has 1 aliphatic heterocycles. The average Bonchev–Trinajstić information content (AvgIpc) is 3.09. The minimum Gasteiger partial charge on any atom is -0.493 e. The van der Waals surface area contributed by atoms with E-state index in [1.54, 1.807) is 33.2 Å². The van der Waals surface area contributed by atoms with Crippen LogP contribution in [0.25, 0.3) is 11.0 Å². The first-order valence-electron chi connectivity index (χ1n) is 10.8. The molecule has 3 aromatic rings. The number of fused-ring (bicyclic) bond motifs is 2. The minimum atomic E-state index is -0.779. The van der Waals surface area contributed by atoms with E-state index in [4.69, 9.17) is 9.47 Å². The molecule has 0 saturated heterocycles. The number of halogens is 2. The lowest BCUT2D eigenvalue weighted by atomic mass is 10.0. The molecule has 1 aromatic heterocycles. The van der Waals surface area contributed by atoms with Crippen molar-refractivity contribution < 1.29 is 27.8 Å². The molecule has 0 radical (unpaired) electrons. The molecule has 1 aliphatic rings. The number of rotatable bonds is 5. The van der Waals surface area contributed by atoms with Crippen molar-refractivity contribution in [3.63, 3.8) is 0 Å². The molecule has 0 spiro atoms. The minimum absolute atomic E-state index is 0.0837. The molecule has 1 amide bonds. The normalized spacial score (nSPS) is 15.2. The van der Waals surface area contributed by atoms with E-state index in [9.17, 15) is 18.4 Å². The van der Waals surface area contributed by atoms with Gasteiger partial charge in [0.25, 0.3) is 5.91 Å². The van der Waals surface area contributed by atoms with Gasteiger partial charge in [-0.3, -0.25) is 14.2 Å². The standard InChI is InChI=1S/C24H25F2N3O4/c1-5-6-21(30)29-13(2)27-23-17(29)9-14(24(31)28(3)4)10-20(23)33-18-7-8-32-19-12-15(25)11-16(26)22(18)19/h9-12,18H,5-8H2,1-4H3/t18-/m0/s1. The maximum absolute atomic E-state index is 14.6. The number of carbonyl (C=O) groups excluding carboxylic acids is 2. The average molecular weight is 457 g/mol. The number of benzene rings is 2. The Bertz CT molecular complexity index is 1250. The van der Waals surface area contributed by atoms with Gasteiger partial charge < -0.3 is 14.4 Å². The van der Waals surface area contributed by atoms with Crippen LogP contribution in [0.1, 0.15) is 58.8 Å². The van der Waals surface area contributed by atoms with E-state index < -0.39 is 17.7 Å². The quantitative estimate of drug-likeness (QED) is 0.557. The summed E-state index contributed by atoms with van der Waals surface area (Å²) in [5, 5.41) is 0. The lowest BCUT2D eigenvalue weighted by molar-refractivity contribution is 0.0824. The van der Waals surface area contributed by atoms with Crippen LogP contribution in [0, 0.1) is 18.6 Å². The highest BCUT2D eigenvalue weighted by molar-refractivity contribution is 6.01. The van der Waals surface area contributed by atoms with Gasteiger partial charge in [-0.1, -0.05) is 6.92 Å². The molecule has 2 heterocycles. The van der Waals surface area contributed by atoms with Gasteiger partial charge >= 0.3 is 0 Å². The third-order valence-corrected chi connectivity index (χ3v) is 5.54. The van der Waals surface area contributed by atoms with Crippen molar-refractivity contribution in [2.45, 2.75) is 39.2 Å². The van der Waals surface area contributed by atoms with E-state index in [1.807, 2.05) is 6.92 Å². The van der Waals surface area contributed by atoms with Crippen LogP contribution in [-0.4, -0.2) is 47.0 Å². The number of aromatic nitrogens is 2. The van der Waals surface area contributed by atoms with Gasteiger partial charge in [0, 0.05) is 44.6 Å². The van der Waals surface area contributed by atoms with Crippen LogP contribution in [-0.2, 0) is 0 Å². The van der Waals surface area contributed by atoms with Gasteiger partial charge in [0.1, 0.15) is 40.6 Å². The number of carbonyl (C=O) groups is 2. The summed E-state index contributed by atoms with van der Waals surface area (Å²) in [4.78, 5) is 31.5. The first-order chi connectivity index (χ1) is 15.7. The summed E-state index contributed by atoms with van der Waals surface area (Å²) in [5.74, 6) is -1.15. The second kappa shape index (κ2) is 8.80. The number of hydrogen-bond acceptors (Lipinski definition) is 5. The Kier molecular flexibility index (Phi) is 6.05. The Hall–Kier alpha value is -3.49. The van der Waals surface area contributed by atoms with Gasteiger partial charge in [-0.25, -0.2) is 13.8 Å². The zero-order valence-corrected chi connectivity index (χ0v) is 18.9. The predicted molar refractivity (Wildman–Crippen MR) is 118 cm³/mol. The molecule has 9 heteroatoms. The first kappa shape index (κ1) is 22.7. The van der Waals surface area contributed by atoms with Crippen LogP contribution in [0.5, 0.6) is 11.5 Å². The second-order valence-electron chi connectivity index (χ2n) is 8.22. The van der Waals surface area contributed by atoms with E-state index in [0.29, 0.717) is 41.7 Å². The molecule has 0 unspecified atom stereocenters. The van der Waals surface area contributed by atoms with E-state index >= 15 is 0 Å². The van der Waals surface area contributed by atoms with Crippen LogP contribution < -0.4 is 9.47 Å².